The Morgan fingerprint density at radius 3 is 2.45 bits per heavy atom. The summed E-state index contributed by atoms with van der Waals surface area (Å²) in [5.41, 5.74) is 7.35. The third-order valence-electron chi connectivity index (χ3n) is 3.11. The van der Waals surface area contributed by atoms with Crippen molar-refractivity contribution >= 4 is 11.6 Å². The summed E-state index contributed by atoms with van der Waals surface area (Å²) in [5.74, 6) is 1.12. The number of aliphatic hydroxyl groups excluding tert-OH is 1. The molecule has 6 nitrogen and oxygen atoms in total. The van der Waals surface area contributed by atoms with Crippen LogP contribution in [0.25, 0.3) is 0 Å². The summed E-state index contributed by atoms with van der Waals surface area (Å²) in [6.45, 7) is 0.293. The van der Waals surface area contributed by atoms with Gasteiger partial charge < -0.3 is 25.2 Å². The van der Waals surface area contributed by atoms with Gasteiger partial charge in [-0.3, -0.25) is 4.79 Å². The summed E-state index contributed by atoms with van der Waals surface area (Å²) in [7, 11) is 4.76. The van der Waals surface area contributed by atoms with E-state index in [2.05, 4.69) is 0 Å². The number of ether oxygens (including phenoxy) is 2. The van der Waals surface area contributed by atoms with Crippen molar-refractivity contribution in [3.8, 4) is 11.5 Å². The molecule has 3 N–H and O–H groups in total. The number of hydrogen-bond donors (Lipinski definition) is 2. The Labute approximate surface area is 119 Å². The summed E-state index contributed by atoms with van der Waals surface area (Å²) < 4.78 is 10.4. The van der Waals surface area contributed by atoms with Crippen LogP contribution in [0, 0.1) is 0 Å². The first-order valence-corrected chi connectivity index (χ1v) is 6.38. The number of nitrogens with two attached hydrogens (primary N) is 1. The minimum Gasteiger partial charge on any atom is -0.493 e. The van der Waals surface area contributed by atoms with Gasteiger partial charge >= 0.3 is 0 Å². The first-order chi connectivity index (χ1) is 9.53. The van der Waals surface area contributed by atoms with Crippen molar-refractivity contribution in [3.05, 3.63) is 17.7 Å². The van der Waals surface area contributed by atoms with Crippen molar-refractivity contribution in [2.45, 2.75) is 12.8 Å². The Kier molecular flexibility index (Phi) is 6.11. The van der Waals surface area contributed by atoms with Gasteiger partial charge in [0.05, 0.1) is 20.8 Å². The predicted octanol–water partition coefficient (Wildman–Crippen LogP) is 0.669. The highest BCUT2D eigenvalue weighted by Crippen LogP contribution is 2.32. The van der Waals surface area contributed by atoms with Crippen LogP contribution < -0.4 is 15.2 Å². The van der Waals surface area contributed by atoms with Crippen LogP contribution in [0.2, 0.25) is 0 Å². The van der Waals surface area contributed by atoms with E-state index in [9.17, 15) is 4.79 Å². The minimum absolute atomic E-state index is 0.0340. The number of likely N-dealkylation sites (N-methyl/N-ethyl adjacent to an activating group) is 1. The van der Waals surface area contributed by atoms with E-state index in [0.717, 1.165) is 5.56 Å². The van der Waals surface area contributed by atoms with E-state index in [0.29, 0.717) is 36.6 Å². The molecule has 0 aliphatic heterocycles. The van der Waals surface area contributed by atoms with E-state index in [1.807, 2.05) is 0 Å². The molecule has 0 aliphatic carbocycles. The Morgan fingerprint density at radius 2 is 1.90 bits per heavy atom. The van der Waals surface area contributed by atoms with Crippen molar-refractivity contribution in [2.75, 3.05) is 40.2 Å². The topological polar surface area (TPSA) is 85.0 Å². The number of rotatable bonds is 7. The van der Waals surface area contributed by atoms with Crippen LogP contribution in [-0.2, 0) is 11.2 Å². The number of carbonyl (C=O) groups is 1. The molecule has 0 atom stereocenters. The van der Waals surface area contributed by atoms with Gasteiger partial charge in [0, 0.05) is 31.8 Å². The lowest BCUT2D eigenvalue weighted by molar-refractivity contribution is -0.130. The van der Waals surface area contributed by atoms with Crippen LogP contribution in [-0.4, -0.2) is 50.3 Å². The van der Waals surface area contributed by atoms with Crippen molar-refractivity contribution in [3.63, 3.8) is 0 Å². The van der Waals surface area contributed by atoms with Crippen LogP contribution in [0.1, 0.15) is 12.0 Å². The summed E-state index contributed by atoms with van der Waals surface area (Å²) >= 11 is 0. The second kappa shape index (κ2) is 7.59. The molecule has 0 saturated heterocycles. The molecule has 0 unspecified atom stereocenters. The number of nitrogen functional groups attached to an aromatic ring is 1. The molecule has 1 amide bonds. The van der Waals surface area contributed by atoms with Gasteiger partial charge in [-0.2, -0.15) is 0 Å². The molecule has 1 aromatic carbocycles. The van der Waals surface area contributed by atoms with Gasteiger partial charge in [-0.1, -0.05) is 0 Å². The molecular weight excluding hydrogens is 260 g/mol. The van der Waals surface area contributed by atoms with Gasteiger partial charge in [0.25, 0.3) is 0 Å². The number of hydrogen-bond acceptors (Lipinski definition) is 5. The molecule has 1 rings (SSSR count). The highest BCUT2D eigenvalue weighted by Gasteiger charge is 2.12. The second-order valence-electron chi connectivity index (χ2n) is 4.44. The van der Waals surface area contributed by atoms with Crippen molar-refractivity contribution < 1.29 is 19.4 Å². The SMILES string of the molecule is COc1cc(N)c(CCC(=O)N(C)CCO)cc1OC. The molecular formula is C14H22N2O4. The average Bonchev–Trinajstić information content (AvgIpc) is 2.45. The van der Waals surface area contributed by atoms with E-state index < -0.39 is 0 Å². The lowest BCUT2D eigenvalue weighted by Crippen LogP contribution is -2.29. The zero-order valence-corrected chi connectivity index (χ0v) is 12.2. The van der Waals surface area contributed by atoms with Crippen LogP contribution >= 0.6 is 0 Å². The average molecular weight is 282 g/mol. The predicted molar refractivity (Wildman–Crippen MR) is 77.0 cm³/mol. The zero-order valence-electron chi connectivity index (χ0n) is 12.2. The molecule has 0 aromatic heterocycles. The van der Waals surface area contributed by atoms with E-state index in [1.54, 1.807) is 33.4 Å². The largest absolute Gasteiger partial charge is 0.493 e. The number of nitrogens with zero attached hydrogens (tertiary/aromatic N) is 1. The molecule has 20 heavy (non-hydrogen) atoms. The zero-order chi connectivity index (χ0) is 15.1. The Hall–Kier alpha value is -1.95. The summed E-state index contributed by atoms with van der Waals surface area (Å²) in [6, 6.07) is 3.48. The fraction of sp³-hybridized carbons (Fsp3) is 0.500. The van der Waals surface area contributed by atoms with E-state index in [1.165, 1.54) is 4.90 Å². The molecule has 0 bridgehead atoms. The van der Waals surface area contributed by atoms with Crippen molar-refractivity contribution in [2.24, 2.45) is 0 Å². The maximum absolute atomic E-state index is 11.8. The fourth-order valence-corrected chi connectivity index (χ4v) is 1.86. The lowest BCUT2D eigenvalue weighted by Gasteiger charge is -2.16. The maximum atomic E-state index is 11.8. The molecule has 112 valence electrons. The van der Waals surface area contributed by atoms with Gasteiger partial charge in [0.2, 0.25) is 5.91 Å². The van der Waals surface area contributed by atoms with E-state index >= 15 is 0 Å². The Balaban J connectivity index is 2.75. The highest BCUT2D eigenvalue weighted by atomic mass is 16.5. The van der Waals surface area contributed by atoms with Crippen LogP contribution in [0.15, 0.2) is 12.1 Å². The standard InChI is InChI=1S/C14H22N2O4/c1-16(6-7-17)14(18)5-4-10-8-12(19-2)13(20-3)9-11(10)15/h8-9,17H,4-7,15H2,1-3H3. The molecule has 0 fully saturated rings. The van der Waals surface area contributed by atoms with Gasteiger partial charge in [-0.15, -0.1) is 0 Å². The molecule has 0 saturated carbocycles. The Bertz CT molecular complexity index is 463. The molecule has 0 radical (unpaired) electrons. The van der Waals surface area contributed by atoms with Crippen molar-refractivity contribution in [1.29, 1.82) is 0 Å². The van der Waals surface area contributed by atoms with Crippen LogP contribution in [0.4, 0.5) is 5.69 Å². The van der Waals surface area contributed by atoms with Gasteiger partial charge in [0.15, 0.2) is 11.5 Å². The quantitative estimate of drug-likeness (QED) is 0.718. The number of amides is 1. The minimum atomic E-state index is -0.0409. The maximum Gasteiger partial charge on any atom is 0.222 e. The number of anilines is 1. The molecule has 0 heterocycles. The number of aliphatic hydroxyl groups is 1. The van der Waals surface area contributed by atoms with E-state index in [4.69, 9.17) is 20.3 Å². The Morgan fingerprint density at radius 1 is 1.30 bits per heavy atom. The molecule has 0 aliphatic rings. The number of aryl methyl sites for hydroxylation is 1. The number of carbonyl (C=O) groups excluding carboxylic acids is 1. The normalized spacial score (nSPS) is 10.2. The monoisotopic (exact) mass is 282 g/mol. The third kappa shape index (κ3) is 4.03. The van der Waals surface area contributed by atoms with Gasteiger partial charge in [-0.25, -0.2) is 0 Å². The molecule has 1 aromatic rings. The summed E-state index contributed by atoms with van der Waals surface area (Å²) in [4.78, 5) is 13.3. The third-order valence-corrected chi connectivity index (χ3v) is 3.11. The van der Waals surface area contributed by atoms with Crippen LogP contribution in [0.5, 0.6) is 11.5 Å². The number of benzene rings is 1. The second-order valence-corrected chi connectivity index (χ2v) is 4.44. The smallest absolute Gasteiger partial charge is 0.222 e. The molecule has 0 spiro atoms. The summed E-state index contributed by atoms with van der Waals surface area (Å²) in [5, 5.41) is 8.80. The summed E-state index contributed by atoms with van der Waals surface area (Å²) in [6.07, 6.45) is 0.844. The van der Waals surface area contributed by atoms with Gasteiger partial charge in [0.1, 0.15) is 0 Å². The molecule has 6 heteroatoms. The van der Waals surface area contributed by atoms with Crippen molar-refractivity contribution in [1.82, 2.24) is 4.90 Å². The van der Waals surface area contributed by atoms with Gasteiger partial charge in [-0.05, 0) is 18.1 Å². The fourth-order valence-electron chi connectivity index (χ4n) is 1.86. The first kappa shape index (κ1) is 16.1. The number of methoxy groups -OCH3 is 2. The van der Waals surface area contributed by atoms with Crippen LogP contribution in [0.3, 0.4) is 0 Å². The van der Waals surface area contributed by atoms with E-state index in [-0.39, 0.29) is 12.5 Å². The lowest BCUT2D eigenvalue weighted by atomic mass is 10.1. The highest BCUT2D eigenvalue weighted by molar-refractivity contribution is 5.76. The first-order valence-electron chi connectivity index (χ1n) is 6.38.